The SMILES string of the molecule is COc1ccc(-c2nc(N)c3nccn3c2-c2ccc3ncccc3c2)cn1. The molecule has 0 spiro atoms. The van der Waals surface area contributed by atoms with Crippen molar-refractivity contribution in [1.29, 1.82) is 0 Å². The van der Waals surface area contributed by atoms with Gasteiger partial charge in [-0.05, 0) is 24.3 Å². The third kappa shape index (κ3) is 2.52. The van der Waals surface area contributed by atoms with Crippen LogP contribution in [0.3, 0.4) is 0 Å². The lowest BCUT2D eigenvalue weighted by Crippen LogP contribution is -2.04. The monoisotopic (exact) mass is 368 g/mol. The fraction of sp³-hybridized carbons (Fsp3) is 0.0476. The topological polar surface area (TPSA) is 91.2 Å². The summed E-state index contributed by atoms with van der Waals surface area (Å²) < 4.78 is 7.13. The number of imidazole rings is 1. The van der Waals surface area contributed by atoms with Crippen LogP contribution in [0.4, 0.5) is 5.82 Å². The summed E-state index contributed by atoms with van der Waals surface area (Å²) in [5.74, 6) is 0.904. The van der Waals surface area contributed by atoms with Gasteiger partial charge in [0, 0.05) is 47.4 Å². The van der Waals surface area contributed by atoms with Crippen molar-refractivity contribution in [2.75, 3.05) is 12.8 Å². The van der Waals surface area contributed by atoms with Gasteiger partial charge in [0.15, 0.2) is 11.5 Å². The molecule has 0 aliphatic rings. The number of rotatable bonds is 3. The van der Waals surface area contributed by atoms with Crippen LogP contribution in [0.1, 0.15) is 0 Å². The molecule has 0 aliphatic heterocycles. The Hall–Kier alpha value is -4.00. The molecule has 5 rings (SSSR count). The molecular weight excluding hydrogens is 352 g/mol. The molecule has 4 aromatic heterocycles. The van der Waals surface area contributed by atoms with E-state index in [1.807, 2.05) is 40.9 Å². The quantitative estimate of drug-likeness (QED) is 0.523. The van der Waals surface area contributed by atoms with Crippen LogP contribution >= 0.6 is 0 Å². The first-order chi connectivity index (χ1) is 13.7. The van der Waals surface area contributed by atoms with Gasteiger partial charge in [-0.1, -0.05) is 12.1 Å². The first kappa shape index (κ1) is 16.2. The van der Waals surface area contributed by atoms with Gasteiger partial charge < -0.3 is 10.5 Å². The fourth-order valence-electron chi connectivity index (χ4n) is 3.35. The summed E-state index contributed by atoms with van der Waals surface area (Å²) in [4.78, 5) is 17.7. The Morgan fingerprint density at radius 1 is 0.964 bits per heavy atom. The minimum absolute atomic E-state index is 0.363. The minimum atomic E-state index is 0.363. The van der Waals surface area contributed by atoms with E-state index in [1.54, 1.807) is 31.8 Å². The number of hydrogen-bond acceptors (Lipinski definition) is 6. The Bertz CT molecular complexity index is 1310. The molecule has 5 aromatic rings. The molecule has 0 fully saturated rings. The van der Waals surface area contributed by atoms with Gasteiger partial charge in [-0.25, -0.2) is 15.0 Å². The molecule has 0 bridgehead atoms. The van der Waals surface area contributed by atoms with Gasteiger partial charge in [0.2, 0.25) is 5.88 Å². The third-order valence-corrected chi connectivity index (χ3v) is 4.66. The number of hydrogen-bond donors (Lipinski definition) is 1. The van der Waals surface area contributed by atoms with Gasteiger partial charge in [-0.15, -0.1) is 0 Å². The van der Waals surface area contributed by atoms with E-state index < -0.39 is 0 Å². The summed E-state index contributed by atoms with van der Waals surface area (Å²) in [5, 5.41) is 1.05. The Balaban J connectivity index is 1.82. The minimum Gasteiger partial charge on any atom is -0.481 e. The van der Waals surface area contributed by atoms with Crippen molar-refractivity contribution in [3.8, 4) is 28.4 Å². The molecule has 2 N–H and O–H groups in total. The van der Waals surface area contributed by atoms with E-state index in [9.17, 15) is 0 Å². The summed E-state index contributed by atoms with van der Waals surface area (Å²) in [6, 6.07) is 13.8. The van der Waals surface area contributed by atoms with Crippen LogP contribution in [0, 0.1) is 0 Å². The normalized spacial score (nSPS) is 11.2. The summed E-state index contributed by atoms with van der Waals surface area (Å²) in [7, 11) is 1.59. The maximum absolute atomic E-state index is 6.18. The van der Waals surface area contributed by atoms with Crippen LogP contribution in [-0.4, -0.2) is 31.4 Å². The van der Waals surface area contributed by atoms with Gasteiger partial charge in [0.05, 0.1) is 24.0 Å². The molecule has 7 nitrogen and oxygen atoms in total. The van der Waals surface area contributed by atoms with E-state index in [0.717, 1.165) is 33.4 Å². The van der Waals surface area contributed by atoms with Crippen LogP contribution in [0.2, 0.25) is 0 Å². The van der Waals surface area contributed by atoms with Gasteiger partial charge >= 0.3 is 0 Å². The van der Waals surface area contributed by atoms with Crippen molar-refractivity contribution >= 4 is 22.4 Å². The first-order valence-corrected chi connectivity index (χ1v) is 8.73. The van der Waals surface area contributed by atoms with Crippen LogP contribution < -0.4 is 10.5 Å². The predicted molar refractivity (Wildman–Crippen MR) is 108 cm³/mol. The van der Waals surface area contributed by atoms with E-state index in [4.69, 9.17) is 10.5 Å². The number of nitrogens with two attached hydrogens (primary N) is 1. The molecule has 4 heterocycles. The van der Waals surface area contributed by atoms with Crippen molar-refractivity contribution in [1.82, 2.24) is 24.3 Å². The number of pyridine rings is 2. The number of fused-ring (bicyclic) bond motifs is 2. The number of nitrogen functional groups attached to an aromatic ring is 1. The van der Waals surface area contributed by atoms with Crippen molar-refractivity contribution < 1.29 is 4.74 Å². The average molecular weight is 368 g/mol. The smallest absolute Gasteiger partial charge is 0.212 e. The van der Waals surface area contributed by atoms with Crippen molar-refractivity contribution in [2.45, 2.75) is 0 Å². The molecule has 136 valence electrons. The maximum atomic E-state index is 6.18. The molecule has 0 atom stereocenters. The maximum Gasteiger partial charge on any atom is 0.212 e. The highest BCUT2D eigenvalue weighted by Gasteiger charge is 2.17. The molecule has 28 heavy (non-hydrogen) atoms. The lowest BCUT2D eigenvalue weighted by molar-refractivity contribution is 0.398. The van der Waals surface area contributed by atoms with Gasteiger partial charge in [-0.2, -0.15) is 0 Å². The standard InChI is InChI=1S/C21H16N6O/c1-28-17-7-5-15(12-25-17)18-19(27-10-9-24-21(27)20(22)26-18)14-4-6-16-13(11-14)3-2-8-23-16/h2-12H,1H3,(H2,22,26). The molecule has 0 amide bonds. The second kappa shape index (κ2) is 6.31. The van der Waals surface area contributed by atoms with Crippen molar-refractivity contribution in [2.24, 2.45) is 0 Å². The van der Waals surface area contributed by atoms with E-state index in [2.05, 4.69) is 26.0 Å². The van der Waals surface area contributed by atoms with Crippen LogP contribution in [0.5, 0.6) is 5.88 Å². The second-order valence-electron chi connectivity index (χ2n) is 6.32. The fourth-order valence-corrected chi connectivity index (χ4v) is 3.35. The lowest BCUT2D eigenvalue weighted by atomic mass is 10.0. The highest BCUT2D eigenvalue weighted by Crippen LogP contribution is 2.34. The zero-order chi connectivity index (χ0) is 19.1. The largest absolute Gasteiger partial charge is 0.481 e. The summed E-state index contributed by atoms with van der Waals surface area (Å²) in [6.45, 7) is 0. The van der Waals surface area contributed by atoms with Crippen LogP contribution in [-0.2, 0) is 0 Å². The molecule has 0 saturated carbocycles. The molecule has 0 unspecified atom stereocenters. The van der Waals surface area contributed by atoms with Gasteiger partial charge in [0.25, 0.3) is 0 Å². The summed E-state index contributed by atoms with van der Waals surface area (Å²) in [6.07, 6.45) is 7.12. The lowest BCUT2D eigenvalue weighted by Gasteiger charge is -2.14. The number of benzene rings is 1. The van der Waals surface area contributed by atoms with Gasteiger partial charge in [0.1, 0.15) is 0 Å². The van der Waals surface area contributed by atoms with Crippen LogP contribution in [0.15, 0.2) is 67.3 Å². The Kier molecular flexibility index (Phi) is 3.65. The Labute approximate surface area is 160 Å². The molecular formula is C21H16N6O. The number of nitrogens with zero attached hydrogens (tertiary/aromatic N) is 5. The second-order valence-corrected chi connectivity index (χ2v) is 6.32. The zero-order valence-corrected chi connectivity index (χ0v) is 15.1. The number of ether oxygens (including phenoxy) is 1. The van der Waals surface area contributed by atoms with Crippen molar-refractivity contribution in [3.63, 3.8) is 0 Å². The number of aromatic nitrogens is 5. The Morgan fingerprint density at radius 3 is 2.68 bits per heavy atom. The zero-order valence-electron chi connectivity index (χ0n) is 15.1. The van der Waals surface area contributed by atoms with Crippen LogP contribution in [0.25, 0.3) is 39.1 Å². The number of methoxy groups -OCH3 is 1. The molecule has 0 aliphatic carbocycles. The van der Waals surface area contributed by atoms with E-state index in [0.29, 0.717) is 17.3 Å². The Morgan fingerprint density at radius 2 is 1.86 bits per heavy atom. The first-order valence-electron chi connectivity index (χ1n) is 8.73. The molecule has 7 heteroatoms. The molecule has 0 radical (unpaired) electrons. The van der Waals surface area contributed by atoms with E-state index in [-0.39, 0.29) is 0 Å². The third-order valence-electron chi connectivity index (χ3n) is 4.66. The van der Waals surface area contributed by atoms with E-state index in [1.165, 1.54) is 0 Å². The summed E-state index contributed by atoms with van der Waals surface area (Å²) >= 11 is 0. The van der Waals surface area contributed by atoms with Gasteiger partial charge in [-0.3, -0.25) is 9.38 Å². The van der Waals surface area contributed by atoms with Crippen molar-refractivity contribution in [3.05, 3.63) is 67.3 Å². The number of anilines is 1. The average Bonchev–Trinajstić information content (AvgIpc) is 3.24. The molecule has 0 saturated heterocycles. The molecule has 1 aromatic carbocycles. The highest BCUT2D eigenvalue weighted by atomic mass is 16.5. The predicted octanol–water partition coefficient (Wildman–Crippen LogP) is 3.60. The summed E-state index contributed by atoms with van der Waals surface area (Å²) in [5.41, 5.74) is 11.2. The highest BCUT2D eigenvalue weighted by molar-refractivity contribution is 5.89. The van der Waals surface area contributed by atoms with E-state index >= 15 is 0 Å².